The lowest BCUT2D eigenvalue weighted by Crippen LogP contribution is -2.22. The molecule has 6 nitrogen and oxygen atoms in total. The van der Waals surface area contributed by atoms with Crippen LogP contribution in [0.1, 0.15) is 38.3 Å². The first-order valence-corrected chi connectivity index (χ1v) is 8.22. The predicted molar refractivity (Wildman–Crippen MR) is 99.5 cm³/mol. The van der Waals surface area contributed by atoms with Crippen LogP contribution in [0, 0.1) is 6.92 Å². The summed E-state index contributed by atoms with van der Waals surface area (Å²) in [6.45, 7) is 1.87. The highest BCUT2D eigenvalue weighted by Gasteiger charge is 2.12. The van der Waals surface area contributed by atoms with Crippen molar-refractivity contribution in [2.24, 2.45) is 0 Å². The Kier molecular flexibility index (Phi) is 6.11. The molecule has 2 amide bonds. The Hall–Kier alpha value is -3.15. The molecule has 136 valence electrons. The summed E-state index contributed by atoms with van der Waals surface area (Å²) in [6.07, 6.45) is 0.763. The average molecular weight is 354 g/mol. The van der Waals surface area contributed by atoms with Gasteiger partial charge in [0.2, 0.25) is 5.91 Å². The minimum Gasteiger partial charge on any atom is -0.478 e. The number of hydrogen-bond acceptors (Lipinski definition) is 3. The molecule has 26 heavy (non-hydrogen) atoms. The van der Waals surface area contributed by atoms with Crippen LogP contribution in [0.25, 0.3) is 0 Å². The molecule has 0 radical (unpaired) electrons. The van der Waals surface area contributed by atoms with E-state index in [-0.39, 0.29) is 23.8 Å². The minimum atomic E-state index is -0.975. The summed E-state index contributed by atoms with van der Waals surface area (Å²) in [5.74, 6) is -1.26. The number of carbonyl (C=O) groups excluding carboxylic acids is 2. The average Bonchev–Trinajstić information content (AvgIpc) is 2.61. The fourth-order valence-electron chi connectivity index (χ4n) is 2.43. The Morgan fingerprint density at radius 1 is 1.00 bits per heavy atom. The number of carbonyl (C=O) groups is 3. The maximum atomic E-state index is 12.2. The summed E-state index contributed by atoms with van der Waals surface area (Å²) < 4.78 is 0. The van der Waals surface area contributed by atoms with Crippen LogP contribution in [0.5, 0.6) is 0 Å². The number of rotatable bonds is 6. The number of aromatic carboxylic acids is 1. The van der Waals surface area contributed by atoms with Crippen molar-refractivity contribution in [2.45, 2.75) is 19.8 Å². The van der Waals surface area contributed by atoms with Crippen LogP contribution in [0.4, 0.5) is 5.69 Å². The summed E-state index contributed by atoms with van der Waals surface area (Å²) >= 11 is 0. The molecule has 0 bridgehead atoms. The number of carboxylic acids is 1. The number of aryl methyl sites for hydroxylation is 2. The molecule has 0 aliphatic carbocycles. The van der Waals surface area contributed by atoms with E-state index in [9.17, 15) is 14.4 Å². The van der Waals surface area contributed by atoms with Crippen molar-refractivity contribution in [1.82, 2.24) is 4.90 Å². The van der Waals surface area contributed by atoms with Gasteiger partial charge in [0, 0.05) is 31.8 Å². The van der Waals surface area contributed by atoms with E-state index < -0.39 is 5.97 Å². The van der Waals surface area contributed by atoms with E-state index in [1.165, 1.54) is 17.0 Å². The highest BCUT2D eigenvalue weighted by molar-refractivity contribution is 5.97. The van der Waals surface area contributed by atoms with Gasteiger partial charge in [-0.3, -0.25) is 9.59 Å². The zero-order chi connectivity index (χ0) is 19.3. The Balaban J connectivity index is 2.00. The van der Waals surface area contributed by atoms with E-state index in [1.54, 1.807) is 44.4 Å². The molecule has 2 rings (SSSR count). The maximum Gasteiger partial charge on any atom is 0.335 e. The van der Waals surface area contributed by atoms with Crippen LogP contribution in [-0.2, 0) is 11.2 Å². The van der Waals surface area contributed by atoms with Gasteiger partial charge in [-0.25, -0.2) is 4.79 Å². The van der Waals surface area contributed by atoms with E-state index in [0.29, 0.717) is 17.7 Å². The van der Waals surface area contributed by atoms with Gasteiger partial charge >= 0.3 is 5.97 Å². The predicted octanol–water partition coefficient (Wildman–Crippen LogP) is 2.97. The summed E-state index contributed by atoms with van der Waals surface area (Å²) in [4.78, 5) is 36.6. The lowest BCUT2D eigenvalue weighted by atomic mass is 10.1. The van der Waals surface area contributed by atoms with Gasteiger partial charge in [0.1, 0.15) is 0 Å². The minimum absolute atomic E-state index is 0.126. The quantitative estimate of drug-likeness (QED) is 0.835. The number of hydrogen-bond donors (Lipinski definition) is 2. The van der Waals surface area contributed by atoms with Gasteiger partial charge in [-0.1, -0.05) is 18.2 Å². The van der Waals surface area contributed by atoms with Crippen LogP contribution in [-0.4, -0.2) is 41.9 Å². The van der Waals surface area contributed by atoms with Crippen LogP contribution in [0.15, 0.2) is 42.5 Å². The third kappa shape index (κ3) is 4.92. The topological polar surface area (TPSA) is 86.7 Å². The van der Waals surface area contributed by atoms with Crippen LogP contribution in [0.3, 0.4) is 0 Å². The highest BCUT2D eigenvalue weighted by atomic mass is 16.4. The molecule has 0 atom stereocenters. The molecule has 0 saturated heterocycles. The lowest BCUT2D eigenvalue weighted by Gasteiger charge is -2.13. The van der Waals surface area contributed by atoms with Gasteiger partial charge in [0.25, 0.3) is 5.91 Å². The van der Waals surface area contributed by atoms with Crippen LogP contribution in [0.2, 0.25) is 0 Å². The third-order valence-corrected chi connectivity index (χ3v) is 4.01. The smallest absolute Gasteiger partial charge is 0.335 e. The van der Waals surface area contributed by atoms with Gasteiger partial charge in [-0.05, 0) is 48.7 Å². The van der Waals surface area contributed by atoms with E-state index in [4.69, 9.17) is 5.11 Å². The Morgan fingerprint density at radius 3 is 2.19 bits per heavy atom. The highest BCUT2D eigenvalue weighted by Crippen LogP contribution is 2.18. The fourth-order valence-corrected chi connectivity index (χ4v) is 2.43. The SMILES string of the molecule is Cc1ccc(C(=O)N(C)C)cc1NC(=O)CCc1ccc(C(=O)O)cc1. The first-order chi connectivity index (χ1) is 12.3. The van der Waals surface area contributed by atoms with Crippen molar-refractivity contribution >= 4 is 23.5 Å². The number of nitrogens with one attached hydrogen (secondary N) is 1. The number of amides is 2. The molecule has 0 aliphatic heterocycles. The second kappa shape index (κ2) is 8.29. The monoisotopic (exact) mass is 354 g/mol. The number of anilines is 1. The van der Waals surface area contributed by atoms with Crippen molar-refractivity contribution in [3.05, 3.63) is 64.7 Å². The summed E-state index contributed by atoms with van der Waals surface area (Å²) in [6, 6.07) is 11.7. The second-order valence-corrected chi connectivity index (χ2v) is 6.28. The van der Waals surface area contributed by atoms with Crippen LogP contribution < -0.4 is 5.32 Å². The van der Waals surface area contributed by atoms with Gasteiger partial charge < -0.3 is 15.3 Å². The summed E-state index contributed by atoms with van der Waals surface area (Å²) in [5.41, 5.74) is 3.11. The molecule has 2 N–H and O–H groups in total. The second-order valence-electron chi connectivity index (χ2n) is 6.28. The van der Waals surface area contributed by atoms with E-state index in [2.05, 4.69) is 5.32 Å². The van der Waals surface area contributed by atoms with Gasteiger partial charge in [-0.2, -0.15) is 0 Å². The third-order valence-electron chi connectivity index (χ3n) is 4.01. The number of carboxylic acid groups (broad SMARTS) is 1. The number of nitrogens with zero attached hydrogens (tertiary/aromatic N) is 1. The standard InChI is InChI=1S/C20H22N2O4/c1-13-4-8-16(19(24)22(2)3)12-17(13)21-18(23)11-7-14-5-9-15(10-6-14)20(25)26/h4-6,8-10,12H,7,11H2,1-3H3,(H,21,23)(H,25,26). The molecule has 0 aromatic heterocycles. The first kappa shape index (κ1) is 19.2. The van der Waals surface area contributed by atoms with Crippen molar-refractivity contribution in [3.63, 3.8) is 0 Å². The molecule has 0 fully saturated rings. The lowest BCUT2D eigenvalue weighted by molar-refractivity contribution is -0.116. The molecule has 0 aliphatic rings. The molecule has 0 spiro atoms. The summed E-state index contributed by atoms with van der Waals surface area (Å²) in [7, 11) is 3.35. The van der Waals surface area contributed by atoms with Gasteiger partial charge in [-0.15, -0.1) is 0 Å². The van der Waals surface area contributed by atoms with Crippen LogP contribution >= 0.6 is 0 Å². The fraction of sp³-hybridized carbons (Fsp3) is 0.250. The van der Waals surface area contributed by atoms with E-state index >= 15 is 0 Å². The van der Waals surface area contributed by atoms with Crippen molar-refractivity contribution in [2.75, 3.05) is 19.4 Å². The summed E-state index contributed by atoms with van der Waals surface area (Å²) in [5, 5.41) is 11.7. The first-order valence-electron chi connectivity index (χ1n) is 8.22. The van der Waals surface area contributed by atoms with E-state index in [0.717, 1.165) is 11.1 Å². The molecule has 2 aromatic rings. The van der Waals surface area contributed by atoms with Crippen molar-refractivity contribution < 1.29 is 19.5 Å². The number of benzene rings is 2. The van der Waals surface area contributed by atoms with Gasteiger partial charge in [0.15, 0.2) is 0 Å². The molecule has 6 heteroatoms. The molecule has 0 saturated carbocycles. The van der Waals surface area contributed by atoms with Gasteiger partial charge in [0.05, 0.1) is 5.56 Å². The molecule has 2 aromatic carbocycles. The molecule has 0 heterocycles. The van der Waals surface area contributed by atoms with Crippen molar-refractivity contribution in [1.29, 1.82) is 0 Å². The Bertz CT molecular complexity index is 826. The normalized spacial score (nSPS) is 10.3. The Labute approximate surface area is 152 Å². The maximum absolute atomic E-state index is 12.2. The molecule has 0 unspecified atom stereocenters. The largest absolute Gasteiger partial charge is 0.478 e. The zero-order valence-corrected chi connectivity index (χ0v) is 15.1. The molecular weight excluding hydrogens is 332 g/mol. The zero-order valence-electron chi connectivity index (χ0n) is 15.1. The van der Waals surface area contributed by atoms with Crippen molar-refractivity contribution in [3.8, 4) is 0 Å². The van der Waals surface area contributed by atoms with E-state index in [1.807, 2.05) is 6.92 Å². The molecular formula is C20H22N2O4. The Morgan fingerprint density at radius 2 is 1.62 bits per heavy atom.